The summed E-state index contributed by atoms with van der Waals surface area (Å²) in [4.78, 5) is 25.1. The SMILES string of the molecule is CC(=O)N[C@H]1CCc2cc(Nc3ncc(C(F)(F)F)cc3[N+](=O)[O-])ccc21. The predicted octanol–water partition coefficient (Wildman–Crippen LogP) is 3.88. The first kappa shape index (κ1) is 18.6. The molecular formula is C17H15F3N4O3. The van der Waals surface area contributed by atoms with E-state index in [1.165, 1.54) is 6.92 Å². The summed E-state index contributed by atoms with van der Waals surface area (Å²) in [5, 5.41) is 16.7. The Morgan fingerprint density at radius 2 is 2.07 bits per heavy atom. The highest BCUT2D eigenvalue weighted by Crippen LogP contribution is 2.36. The van der Waals surface area contributed by atoms with Gasteiger partial charge in [0.25, 0.3) is 0 Å². The summed E-state index contributed by atoms with van der Waals surface area (Å²) in [5.74, 6) is -0.413. The van der Waals surface area contributed by atoms with Crippen molar-refractivity contribution in [1.82, 2.24) is 10.3 Å². The summed E-state index contributed by atoms with van der Waals surface area (Å²) in [6.07, 6.45) is -2.73. The van der Waals surface area contributed by atoms with Gasteiger partial charge in [-0.2, -0.15) is 13.2 Å². The molecule has 0 saturated heterocycles. The number of hydrogen-bond acceptors (Lipinski definition) is 5. The van der Waals surface area contributed by atoms with E-state index in [9.17, 15) is 28.1 Å². The lowest BCUT2D eigenvalue weighted by Crippen LogP contribution is -2.24. The van der Waals surface area contributed by atoms with Gasteiger partial charge >= 0.3 is 11.9 Å². The standard InChI is InChI=1S/C17H15F3N4O3/c1-9(25)22-14-5-2-10-6-12(3-4-13(10)14)23-16-15(24(26)27)7-11(8-21-16)17(18,19)20/h3-4,6-8,14H,2,5H2,1H3,(H,21,23)(H,22,25)/t14-/m0/s1. The van der Waals surface area contributed by atoms with E-state index in [0.717, 1.165) is 17.5 Å². The second-order valence-electron chi connectivity index (χ2n) is 6.18. The fourth-order valence-electron chi connectivity index (χ4n) is 3.07. The number of anilines is 2. The number of alkyl halides is 3. The molecule has 1 aliphatic rings. The summed E-state index contributed by atoms with van der Waals surface area (Å²) in [6.45, 7) is 1.43. The van der Waals surface area contributed by atoms with Crippen LogP contribution in [0.25, 0.3) is 0 Å². The molecule has 0 unspecified atom stereocenters. The van der Waals surface area contributed by atoms with E-state index in [0.29, 0.717) is 24.4 Å². The number of hydrogen-bond donors (Lipinski definition) is 2. The fourth-order valence-corrected chi connectivity index (χ4v) is 3.07. The lowest BCUT2D eigenvalue weighted by atomic mass is 10.1. The zero-order valence-electron chi connectivity index (χ0n) is 14.1. The van der Waals surface area contributed by atoms with Crippen molar-refractivity contribution in [2.75, 3.05) is 5.32 Å². The number of amides is 1. The Labute approximate surface area is 151 Å². The number of rotatable bonds is 4. The number of carbonyl (C=O) groups is 1. The third-order valence-corrected chi connectivity index (χ3v) is 4.25. The average molecular weight is 380 g/mol. The number of benzene rings is 1. The van der Waals surface area contributed by atoms with Crippen LogP contribution in [0.4, 0.5) is 30.4 Å². The third kappa shape index (κ3) is 3.99. The van der Waals surface area contributed by atoms with Gasteiger partial charge in [0.2, 0.25) is 11.7 Å². The van der Waals surface area contributed by atoms with Crippen LogP contribution in [-0.4, -0.2) is 15.8 Å². The van der Waals surface area contributed by atoms with E-state index >= 15 is 0 Å². The van der Waals surface area contributed by atoms with Crippen LogP contribution in [0, 0.1) is 10.1 Å². The summed E-state index contributed by atoms with van der Waals surface area (Å²) < 4.78 is 38.3. The number of fused-ring (bicyclic) bond motifs is 1. The lowest BCUT2D eigenvalue weighted by molar-refractivity contribution is -0.384. The summed E-state index contributed by atoms with van der Waals surface area (Å²) in [7, 11) is 0. The third-order valence-electron chi connectivity index (χ3n) is 4.25. The summed E-state index contributed by atoms with van der Waals surface area (Å²) in [6, 6.07) is 5.53. The van der Waals surface area contributed by atoms with E-state index in [1.807, 2.05) is 0 Å². The Bertz CT molecular complexity index is 915. The van der Waals surface area contributed by atoms with Crippen molar-refractivity contribution < 1.29 is 22.9 Å². The largest absolute Gasteiger partial charge is 0.418 e. The Morgan fingerprint density at radius 1 is 1.33 bits per heavy atom. The van der Waals surface area contributed by atoms with Crippen molar-refractivity contribution in [2.24, 2.45) is 0 Å². The number of aromatic nitrogens is 1. The molecule has 10 heteroatoms. The molecule has 1 aliphatic carbocycles. The van der Waals surface area contributed by atoms with Gasteiger partial charge in [-0.1, -0.05) is 6.07 Å². The molecule has 0 bridgehead atoms. The van der Waals surface area contributed by atoms with Crippen molar-refractivity contribution in [2.45, 2.75) is 32.0 Å². The monoisotopic (exact) mass is 380 g/mol. The normalized spacial score (nSPS) is 15.9. The highest BCUT2D eigenvalue weighted by atomic mass is 19.4. The molecule has 7 nitrogen and oxygen atoms in total. The van der Waals surface area contributed by atoms with Crippen molar-refractivity contribution in [3.05, 3.63) is 57.3 Å². The number of aryl methyl sites for hydroxylation is 1. The average Bonchev–Trinajstić information content (AvgIpc) is 2.95. The molecule has 0 aliphatic heterocycles. The molecule has 1 aromatic carbocycles. The molecule has 1 heterocycles. The molecule has 2 N–H and O–H groups in total. The fraction of sp³-hybridized carbons (Fsp3) is 0.294. The summed E-state index contributed by atoms with van der Waals surface area (Å²) in [5.41, 5.74) is 0.417. The van der Waals surface area contributed by atoms with Crippen LogP contribution < -0.4 is 10.6 Å². The predicted molar refractivity (Wildman–Crippen MR) is 90.5 cm³/mol. The van der Waals surface area contributed by atoms with Gasteiger partial charge in [0.1, 0.15) is 0 Å². The van der Waals surface area contributed by atoms with Crippen LogP contribution in [0.5, 0.6) is 0 Å². The molecule has 27 heavy (non-hydrogen) atoms. The molecule has 1 amide bonds. The lowest BCUT2D eigenvalue weighted by Gasteiger charge is -2.13. The number of halogens is 3. The smallest absolute Gasteiger partial charge is 0.350 e. The van der Waals surface area contributed by atoms with Crippen molar-refractivity contribution in [3.8, 4) is 0 Å². The molecule has 0 spiro atoms. The number of pyridine rings is 1. The molecule has 3 rings (SSSR count). The molecule has 2 aromatic rings. The second kappa shape index (κ2) is 6.86. The molecular weight excluding hydrogens is 365 g/mol. The van der Waals surface area contributed by atoms with Crippen molar-refractivity contribution in [3.63, 3.8) is 0 Å². The van der Waals surface area contributed by atoms with Gasteiger partial charge in [-0.25, -0.2) is 4.98 Å². The number of nitrogens with one attached hydrogen (secondary N) is 2. The first-order chi connectivity index (χ1) is 12.6. The van der Waals surface area contributed by atoms with Gasteiger partial charge < -0.3 is 10.6 Å². The van der Waals surface area contributed by atoms with Crippen molar-refractivity contribution >= 4 is 23.1 Å². The van der Waals surface area contributed by atoms with Gasteiger partial charge in [-0.05, 0) is 36.1 Å². The molecule has 0 fully saturated rings. The van der Waals surface area contributed by atoms with Gasteiger partial charge in [0.05, 0.1) is 16.5 Å². The Balaban J connectivity index is 1.88. The Kier molecular flexibility index (Phi) is 4.73. The van der Waals surface area contributed by atoms with Gasteiger partial charge in [-0.3, -0.25) is 14.9 Å². The zero-order valence-corrected chi connectivity index (χ0v) is 14.1. The minimum Gasteiger partial charge on any atom is -0.350 e. The molecule has 1 aromatic heterocycles. The second-order valence-corrected chi connectivity index (χ2v) is 6.18. The zero-order chi connectivity index (χ0) is 19.8. The van der Waals surface area contributed by atoms with Gasteiger partial charge in [0, 0.05) is 24.9 Å². The van der Waals surface area contributed by atoms with Gasteiger partial charge in [-0.15, -0.1) is 0 Å². The number of carbonyl (C=O) groups excluding carboxylic acids is 1. The maximum absolute atomic E-state index is 12.8. The van der Waals surface area contributed by atoms with E-state index < -0.39 is 22.4 Å². The topological polar surface area (TPSA) is 97.2 Å². The maximum atomic E-state index is 12.8. The number of nitro groups is 1. The Hall–Kier alpha value is -3.17. The van der Waals surface area contributed by atoms with Crippen LogP contribution in [0.2, 0.25) is 0 Å². The van der Waals surface area contributed by atoms with E-state index in [4.69, 9.17) is 0 Å². The maximum Gasteiger partial charge on any atom is 0.418 e. The van der Waals surface area contributed by atoms with E-state index in [-0.39, 0.29) is 17.8 Å². The van der Waals surface area contributed by atoms with Crippen LogP contribution in [0.1, 0.15) is 36.1 Å². The highest BCUT2D eigenvalue weighted by molar-refractivity contribution is 5.74. The first-order valence-electron chi connectivity index (χ1n) is 8.03. The van der Waals surface area contributed by atoms with E-state index in [1.54, 1.807) is 18.2 Å². The van der Waals surface area contributed by atoms with Crippen LogP contribution in [-0.2, 0) is 17.4 Å². The van der Waals surface area contributed by atoms with Crippen LogP contribution in [0.15, 0.2) is 30.5 Å². The molecule has 0 radical (unpaired) electrons. The Morgan fingerprint density at radius 3 is 2.70 bits per heavy atom. The minimum atomic E-state index is -4.72. The highest BCUT2D eigenvalue weighted by Gasteiger charge is 2.34. The first-order valence-corrected chi connectivity index (χ1v) is 8.03. The molecule has 1 atom stereocenters. The van der Waals surface area contributed by atoms with Crippen molar-refractivity contribution in [1.29, 1.82) is 0 Å². The van der Waals surface area contributed by atoms with E-state index in [2.05, 4.69) is 15.6 Å². The number of nitrogens with zero attached hydrogens (tertiary/aromatic N) is 2. The van der Waals surface area contributed by atoms with Crippen LogP contribution in [0.3, 0.4) is 0 Å². The molecule has 0 saturated carbocycles. The quantitative estimate of drug-likeness (QED) is 0.620. The molecule has 142 valence electrons. The summed E-state index contributed by atoms with van der Waals surface area (Å²) >= 11 is 0. The van der Waals surface area contributed by atoms with Crippen LogP contribution >= 0.6 is 0 Å². The minimum absolute atomic E-state index is 0.0925. The van der Waals surface area contributed by atoms with Gasteiger partial charge in [0.15, 0.2) is 0 Å².